The number of fused-ring (bicyclic) bond motifs is 1. The van der Waals surface area contributed by atoms with E-state index in [4.69, 9.17) is 4.74 Å². The molecule has 2 nitrogen and oxygen atoms in total. The van der Waals surface area contributed by atoms with Gasteiger partial charge in [-0.1, -0.05) is 22.0 Å². The average molecular weight is 270 g/mol. The first-order valence-electron chi connectivity index (χ1n) is 5.32. The molecule has 2 unspecified atom stereocenters. The van der Waals surface area contributed by atoms with Gasteiger partial charge in [0.05, 0.1) is 0 Å². The van der Waals surface area contributed by atoms with E-state index < -0.39 is 0 Å². The van der Waals surface area contributed by atoms with Crippen LogP contribution in [0.15, 0.2) is 22.7 Å². The van der Waals surface area contributed by atoms with Crippen molar-refractivity contribution in [3.8, 4) is 5.75 Å². The molecule has 1 N–H and O–H groups in total. The zero-order valence-corrected chi connectivity index (χ0v) is 10.7. The molecule has 0 saturated carbocycles. The van der Waals surface area contributed by atoms with Crippen molar-refractivity contribution in [2.75, 3.05) is 7.05 Å². The lowest BCUT2D eigenvalue weighted by Gasteiger charge is -2.15. The van der Waals surface area contributed by atoms with Crippen LogP contribution < -0.4 is 10.1 Å². The number of hydrogen-bond donors (Lipinski definition) is 1. The standard InChI is InChI=1S/C12H16BrNO/c1-8(14-2)6-9-7-10-11(13)4-3-5-12(10)15-9/h3-5,8-9,14H,6-7H2,1-2H3. The van der Waals surface area contributed by atoms with Crippen molar-refractivity contribution < 1.29 is 4.74 Å². The molecule has 1 aliphatic rings. The molecule has 0 spiro atoms. The second-order valence-electron chi connectivity index (χ2n) is 4.09. The van der Waals surface area contributed by atoms with Crippen LogP contribution >= 0.6 is 15.9 Å². The van der Waals surface area contributed by atoms with Crippen LogP contribution in [0.3, 0.4) is 0 Å². The first-order chi connectivity index (χ1) is 7.20. The number of rotatable bonds is 3. The Kier molecular flexibility index (Phi) is 3.32. The van der Waals surface area contributed by atoms with Gasteiger partial charge in [-0.3, -0.25) is 0 Å². The van der Waals surface area contributed by atoms with E-state index >= 15 is 0 Å². The number of halogens is 1. The smallest absolute Gasteiger partial charge is 0.124 e. The lowest BCUT2D eigenvalue weighted by Crippen LogP contribution is -2.28. The minimum Gasteiger partial charge on any atom is -0.490 e. The molecule has 0 amide bonds. The van der Waals surface area contributed by atoms with Gasteiger partial charge in [0, 0.05) is 22.5 Å². The summed E-state index contributed by atoms with van der Waals surface area (Å²) in [6.07, 6.45) is 2.39. The Labute approximate surface area is 99.1 Å². The van der Waals surface area contributed by atoms with Gasteiger partial charge in [-0.15, -0.1) is 0 Å². The van der Waals surface area contributed by atoms with Crippen LogP contribution in [0.25, 0.3) is 0 Å². The zero-order chi connectivity index (χ0) is 10.8. The molecule has 2 rings (SSSR count). The fourth-order valence-electron chi connectivity index (χ4n) is 1.94. The van der Waals surface area contributed by atoms with Crippen LogP contribution in [0.4, 0.5) is 0 Å². The van der Waals surface area contributed by atoms with Crippen LogP contribution in [0, 0.1) is 0 Å². The van der Waals surface area contributed by atoms with Gasteiger partial charge in [-0.2, -0.15) is 0 Å². The normalized spacial score (nSPS) is 20.9. The highest BCUT2D eigenvalue weighted by atomic mass is 79.9. The summed E-state index contributed by atoms with van der Waals surface area (Å²) in [4.78, 5) is 0. The average Bonchev–Trinajstić information content (AvgIpc) is 2.62. The molecular weight excluding hydrogens is 254 g/mol. The molecular formula is C12H16BrNO. The van der Waals surface area contributed by atoms with Gasteiger partial charge in [0.1, 0.15) is 11.9 Å². The minimum absolute atomic E-state index is 0.321. The van der Waals surface area contributed by atoms with Crippen LogP contribution in [-0.2, 0) is 6.42 Å². The minimum atomic E-state index is 0.321. The third-order valence-corrected chi connectivity index (χ3v) is 3.65. The van der Waals surface area contributed by atoms with Crippen molar-refractivity contribution in [3.63, 3.8) is 0 Å². The second kappa shape index (κ2) is 4.54. The third kappa shape index (κ3) is 2.34. The van der Waals surface area contributed by atoms with Crippen molar-refractivity contribution in [3.05, 3.63) is 28.2 Å². The molecule has 1 aromatic carbocycles. The Morgan fingerprint density at radius 3 is 3.07 bits per heavy atom. The Morgan fingerprint density at radius 1 is 1.60 bits per heavy atom. The van der Waals surface area contributed by atoms with Crippen molar-refractivity contribution in [2.24, 2.45) is 0 Å². The van der Waals surface area contributed by atoms with Crippen LogP contribution in [0.5, 0.6) is 5.75 Å². The molecule has 1 aliphatic heterocycles. The van der Waals surface area contributed by atoms with Gasteiger partial charge in [0.2, 0.25) is 0 Å². The van der Waals surface area contributed by atoms with E-state index in [0.29, 0.717) is 12.1 Å². The van der Waals surface area contributed by atoms with Gasteiger partial charge >= 0.3 is 0 Å². The zero-order valence-electron chi connectivity index (χ0n) is 9.09. The van der Waals surface area contributed by atoms with E-state index in [9.17, 15) is 0 Å². The summed E-state index contributed by atoms with van der Waals surface area (Å²) < 4.78 is 7.06. The first-order valence-corrected chi connectivity index (χ1v) is 6.11. The Bertz CT molecular complexity index is 353. The summed E-state index contributed by atoms with van der Waals surface area (Å²) in [5.74, 6) is 1.04. The quantitative estimate of drug-likeness (QED) is 0.911. The Morgan fingerprint density at radius 2 is 2.40 bits per heavy atom. The molecule has 3 heteroatoms. The maximum atomic E-state index is 5.89. The highest BCUT2D eigenvalue weighted by molar-refractivity contribution is 9.10. The molecule has 82 valence electrons. The number of nitrogens with one attached hydrogen (secondary N) is 1. The summed E-state index contributed by atoms with van der Waals surface area (Å²) in [5, 5.41) is 3.24. The van der Waals surface area contributed by atoms with E-state index in [1.807, 2.05) is 19.2 Å². The summed E-state index contributed by atoms with van der Waals surface area (Å²) in [6, 6.07) is 6.64. The van der Waals surface area contributed by atoms with Gasteiger partial charge in [-0.25, -0.2) is 0 Å². The van der Waals surface area contributed by atoms with Crippen LogP contribution in [0.2, 0.25) is 0 Å². The van der Waals surface area contributed by atoms with Crippen LogP contribution in [0.1, 0.15) is 18.9 Å². The molecule has 0 aliphatic carbocycles. The van der Waals surface area contributed by atoms with E-state index in [1.54, 1.807) is 0 Å². The van der Waals surface area contributed by atoms with Crippen molar-refractivity contribution in [1.82, 2.24) is 5.32 Å². The number of hydrogen-bond acceptors (Lipinski definition) is 2. The molecule has 15 heavy (non-hydrogen) atoms. The summed E-state index contributed by atoms with van der Waals surface area (Å²) in [7, 11) is 1.99. The first kappa shape index (κ1) is 11.0. The number of ether oxygens (including phenoxy) is 1. The summed E-state index contributed by atoms with van der Waals surface area (Å²) in [5.41, 5.74) is 1.31. The Balaban J connectivity index is 2.06. The fraction of sp³-hybridized carbons (Fsp3) is 0.500. The van der Waals surface area contributed by atoms with Crippen molar-refractivity contribution in [2.45, 2.75) is 31.9 Å². The van der Waals surface area contributed by atoms with Crippen molar-refractivity contribution in [1.29, 1.82) is 0 Å². The van der Waals surface area contributed by atoms with Gasteiger partial charge < -0.3 is 10.1 Å². The molecule has 0 aromatic heterocycles. The van der Waals surface area contributed by atoms with E-state index in [2.05, 4.69) is 34.2 Å². The van der Waals surface area contributed by atoms with E-state index in [-0.39, 0.29) is 0 Å². The van der Waals surface area contributed by atoms with E-state index in [1.165, 1.54) is 10.0 Å². The van der Waals surface area contributed by atoms with Crippen molar-refractivity contribution >= 4 is 15.9 Å². The largest absolute Gasteiger partial charge is 0.490 e. The van der Waals surface area contributed by atoms with Gasteiger partial charge in [0.15, 0.2) is 0 Å². The lowest BCUT2D eigenvalue weighted by atomic mass is 10.1. The fourth-order valence-corrected chi connectivity index (χ4v) is 2.45. The maximum Gasteiger partial charge on any atom is 0.124 e. The molecule has 0 saturated heterocycles. The monoisotopic (exact) mass is 269 g/mol. The molecule has 0 bridgehead atoms. The summed E-state index contributed by atoms with van der Waals surface area (Å²) >= 11 is 3.56. The maximum absolute atomic E-state index is 5.89. The van der Waals surface area contributed by atoms with Crippen LogP contribution in [-0.4, -0.2) is 19.2 Å². The molecule has 0 radical (unpaired) electrons. The topological polar surface area (TPSA) is 21.3 Å². The predicted octanol–water partition coefficient (Wildman–Crippen LogP) is 2.75. The predicted molar refractivity (Wildman–Crippen MR) is 65.4 cm³/mol. The number of benzene rings is 1. The molecule has 2 atom stereocenters. The highest BCUT2D eigenvalue weighted by Crippen LogP contribution is 2.35. The van der Waals surface area contributed by atoms with E-state index in [0.717, 1.165) is 18.6 Å². The summed E-state index contributed by atoms with van der Waals surface area (Å²) in [6.45, 7) is 2.18. The molecule has 1 aromatic rings. The molecule has 1 heterocycles. The second-order valence-corrected chi connectivity index (χ2v) is 4.94. The lowest BCUT2D eigenvalue weighted by molar-refractivity contribution is 0.207. The molecule has 0 fully saturated rings. The van der Waals surface area contributed by atoms with Gasteiger partial charge in [-0.05, 0) is 32.5 Å². The Hall–Kier alpha value is -0.540. The highest BCUT2D eigenvalue weighted by Gasteiger charge is 2.25. The SMILES string of the molecule is CNC(C)CC1Cc2c(Br)cccc2O1. The van der Waals surface area contributed by atoms with Gasteiger partial charge in [0.25, 0.3) is 0 Å². The third-order valence-electron chi connectivity index (χ3n) is 2.91.